The second-order valence-electron chi connectivity index (χ2n) is 8.26. The molecule has 3 aromatic carbocycles. The van der Waals surface area contributed by atoms with E-state index in [9.17, 15) is 4.79 Å². The lowest BCUT2D eigenvalue weighted by Crippen LogP contribution is -2.19. The SMILES string of the molecule is Cc1cc(Cl)ccc1N=C1NC(=O)/C(=C/c2c(C)n(Cc3ccc(Cl)c(Cl)c3)c3ccccc23)S1. The van der Waals surface area contributed by atoms with Gasteiger partial charge in [-0.2, -0.15) is 0 Å². The molecular formula is C27H20Cl3N3OS. The lowest BCUT2D eigenvalue weighted by Gasteiger charge is -2.10. The van der Waals surface area contributed by atoms with Crippen molar-refractivity contribution in [1.29, 1.82) is 0 Å². The van der Waals surface area contributed by atoms with Gasteiger partial charge in [0.25, 0.3) is 5.91 Å². The minimum Gasteiger partial charge on any atom is -0.340 e. The fourth-order valence-electron chi connectivity index (χ4n) is 4.13. The summed E-state index contributed by atoms with van der Waals surface area (Å²) in [5.41, 5.74) is 5.89. The smallest absolute Gasteiger partial charge is 0.264 e. The van der Waals surface area contributed by atoms with Crippen molar-refractivity contribution in [2.75, 3.05) is 0 Å². The van der Waals surface area contributed by atoms with Gasteiger partial charge in [-0.3, -0.25) is 4.79 Å². The summed E-state index contributed by atoms with van der Waals surface area (Å²) in [7, 11) is 0. The number of halogens is 3. The van der Waals surface area contributed by atoms with Crippen LogP contribution in [-0.2, 0) is 11.3 Å². The number of nitrogens with zero attached hydrogens (tertiary/aromatic N) is 2. The van der Waals surface area contributed by atoms with E-state index in [2.05, 4.69) is 33.9 Å². The summed E-state index contributed by atoms with van der Waals surface area (Å²) in [5, 5.41) is 6.22. The normalized spacial score (nSPS) is 16.0. The van der Waals surface area contributed by atoms with Crippen molar-refractivity contribution in [3.05, 3.63) is 103 Å². The second-order valence-corrected chi connectivity index (χ2v) is 10.5. The predicted octanol–water partition coefficient (Wildman–Crippen LogP) is 8.16. The highest BCUT2D eigenvalue weighted by Gasteiger charge is 2.25. The number of thioether (sulfide) groups is 1. The van der Waals surface area contributed by atoms with Gasteiger partial charge < -0.3 is 9.88 Å². The molecule has 8 heteroatoms. The van der Waals surface area contributed by atoms with Crippen molar-refractivity contribution in [3.8, 4) is 0 Å². The van der Waals surface area contributed by atoms with Crippen molar-refractivity contribution in [1.82, 2.24) is 9.88 Å². The van der Waals surface area contributed by atoms with Gasteiger partial charge in [-0.15, -0.1) is 0 Å². The molecule has 1 amide bonds. The maximum Gasteiger partial charge on any atom is 0.264 e. The third-order valence-corrected chi connectivity index (χ3v) is 7.80. The van der Waals surface area contributed by atoms with Gasteiger partial charge in [-0.05, 0) is 79.2 Å². The quantitative estimate of drug-likeness (QED) is 0.265. The van der Waals surface area contributed by atoms with Crippen molar-refractivity contribution in [2.45, 2.75) is 20.4 Å². The Balaban J connectivity index is 1.52. The molecule has 1 saturated heterocycles. The first-order chi connectivity index (χ1) is 16.8. The minimum absolute atomic E-state index is 0.166. The number of aryl methyl sites for hydroxylation is 1. The van der Waals surface area contributed by atoms with E-state index in [4.69, 9.17) is 34.8 Å². The topological polar surface area (TPSA) is 46.4 Å². The van der Waals surface area contributed by atoms with E-state index in [1.807, 2.05) is 55.5 Å². The molecule has 0 bridgehead atoms. The van der Waals surface area contributed by atoms with Crippen molar-refractivity contribution in [3.63, 3.8) is 0 Å². The van der Waals surface area contributed by atoms with E-state index in [1.165, 1.54) is 11.8 Å². The number of rotatable bonds is 4. The Morgan fingerprint density at radius 1 is 1.00 bits per heavy atom. The zero-order valence-corrected chi connectivity index (χ0v) is 22.0. The first-order valence-electron chi connectivity index (χ1n) is 10.9. The first-order valence-corrected chi connectivity index (χ1v) is 12.8. The Kier molecular flexibility index (Phi) is 6.69. The van der Waals surface area contributed by atoms with Crippen LogP contribution in [0.25, 0.3) is 17.0 Å². The van der Waals surface area contributed by atoms with Gasteiger partial charge in [0.15, 0.2) is 5.17 Å². The van der Waals surface area contributed by atoms with E-state index in [0.717, 1.165) is 39.0 Å². The predicted molar refractivity (Wildman–Crippen MR) is 149 cm³/mol. The monoisotopic (exact) mass is 539 g/mol. The summed E-state index contributed by atoms with van der Waals surface area (Å²) in [4.78, 5) is 18.0. The van der Waals surface area contributed by atoms with Gasteiger partial charge in [0.2, 0.25) is 0 Å². The van der Waals surface area contributed by atoms with Crippen LogP contribution in [0.4, 0.5) is 5.69 Å². The zero-order chi connectivity index (χ0) is 24.7. The molecule has 0 saturated carbocycles. The molecule has 4 aromatic rings. The summed E-state index contributed by atoms with van der Waals surface area (Å²) in [6.07, 6.45) is 1.94. The van der Waals surface area contributed by atoms with Gasteiger partial charge in [0.1, 0.15) is 0 Å². The molecule has 5 rings (SSSR count). The number of para-hydroxylation sites is 1. The summed E-state index contributed by atoms with van der Waals surface area (Å²) >= 11 is 19.7. The van der Waals surface area contributed by atoms with E-state index in [0.29, 0.717) is 31.7 Å². The number of hydrogen-bond acceptors (Lipinski definition) is 3. The highest BCUT2D eigenvalue weighted by Crippen LogP contribution is 2.34. The van der Waals surface area contributed by atoms with Crippen LogP contribution in [0, 0.1) is 13.8 Å². The molecule has 0 radical (unpaired) electrons. The lowest BCUT2D eigenvalue weighted by atomic mass is 10.1. The molecule has 1 aliphatic rings. The van der Waals surface area contributed by atoms with Crippen LogP contribution in [0.3, 0.4) is 0 Å². The standard InChI is InChI=1S/C27H20Cl3N3OS/c1-15-11-18(28)8-10-23(15)31-27-32-26(34)25(35-27)13-20-16(2)33(24-6-4-3-5-19(20)24)14-17-7-9-21(29)22(30)12-17/h3-13H,14H2,1-2H3,(H,31,32,34)/b25-13-. The number of aromatic nitrogens is 1. The average Bonchev–Trinajstić information content (AvgIpc) is 3.30. The molecule has 0 unspecified atom stereocenters. The van der Waals surface area contributed by atoms with Gasteiger partial charge in [0.05, 0.1) is 20.6 Å². The molecule has 0 atom stereocenters. The molecule has 2 heterocycles. The average molecular weight is 541 g/mol. The summed E-state index contributed by atoms with van der Waals surface area (Å²) in [6.45, 7) is 4.64. The Morgan fingerprint density at radius 2 is 1.80 bits per heavy atom. The summed E-state index contributed by atoms with van der Waals surface area (Å²) in [6, 6.07) is 19.3. The molecule has 4 nitrogen and oxygen atoms in total. The van der Waals surface area contributed by atoms with E-state index in [1.54, 1.807) is 6.07 Å². The van der Waals surface area contributed by atoms with Gasteiger partial charge in [-0.1, -0.05) is 59.1 Å². The number of carbonyl (C=O) groups excluding carboxylic acids is 1. The van der Waals surface area contributed by atoms with Crippen molar-refractivity contribution >= 4 is 80.3 Å². The van der Waals surface area contributed by atoms with Crippen LogP contribution in [0.5, 0.6) is 0 Å². The van der Waals surface area contributed by atoms with Crippen LogP contribution in [0.15, 0.2) is 70.6 Å². The molecule has 1 fully saturated rings. The molecule has 35 heavy (non-hydrogen) atoms. The molecule has 1 aromatic heterocycles. The summed E-state index contributed by atoms with van der Waals surface area (Å²) < 4.78 is 2.23. The van der Waals surface area contributed by atoms with Crippen LogP contribution < -0.4 is 5.32 Å². The van der Waals surface area contributed by atoms with E-state index >= 15 is 0 Å². The van der Waals surface area contributed by atoms with E-state index < -0.39 is 0 Å². The number of carbonyl (C=O) groups is 1. The van der Waals surface area contributed by atoms with Gasteiger partial charge in [0, 0.05) is 33.7 Å². The van der Waals surface area contributed by atoms with Crippen LogP contribution in [0.2, 0.25) is 15.1 Å². The molecule has 176 valence electrons. The molecular weight excluding hydrogens is 521 g/mol. The van der Waals surface area contributed by atoms with Crippen LogP contribution >= 0.6 is 46.6 Å². The van der Waals surface area contributed by atoms with E-state index in [-0.39, 0.29) is 5.91 Å². The number of nitrogens with one attached hydrogen (secondary N) is 1. The van der Waals surface area contributed by atoms with Crippen LogP contribution in [-0.4, -0.2) is 15.6 Å². The summed E-state index contributed by atoms with van der Waals surface area (Å²) in [5.74, 6) is -0.166. The van der Waals surface area contributed by atoms with Crippen LogP contribution in [0.1, 0.15) is 22.4 Å². The van der Waals surface area contributed by atoms with Gasteiger partial charge >= 0.3 is 0 Å². The number of fused-ring (bicyclic) bond motifs is 1. The number of aliphatic imine (C=N–C) groups is 1. The highest BCUT2D eigenvalue weighted by molar-refractivity contribution is 8.18. The number of amidine groups is 1. The van der Waals surface area contributed by atoms with Gasteiger partial charge in [-0.25, -0.2) is 4.99 Å². The molecule has 0 aliphatic carbocycles. The largest absolute Gasteiger partial charge is 0.340 e. The Morgan fingerprint density at radius 3 is 2.57 bits per heavy atom. The Labute approximate surface area is 222 Å². The fraction of sp³-hybridized carbons (Fsp3) is 0.111. The maximum atomic E-state index is 12.8. The molecule has 1 N–H and O–H groups in total. The molecule has 1 aliphatic heterocycles. The maximum absolute atomic E-state index is 12.8. The lowest BCUT2D eigenvalue weighted by molar-refractivity contribution is -0.115. The second kappa shape index (κ2) is 9.75. The first kappa shape index (κ1) is 24.0. The number of hydrogen-bond donors (Lipinski definition) is 1. The Hall–Kier alpha value is -2.70. The minimum atomic E-state index is -0.166. The van der Waals surface area contributed by atoms with Crippen molar-refractivity contribution < 1.29 is 4.79 Å². The zero-order valence-electron chi connectivity index (χ0n) is 18.9. The highest BCUT2D eigenvalue weighted by atomic mass is 35.5. The third kappa shape index (κ3) is 4.87. The van der Waals surface area contributed by atoms with Crippen molar-refractivity contribution in [2.24, 2.45) is 4.99 Å². The fourth-order valence-corrected chi connectivity index (χ4v) is 5.49. The number of amides is 1. The Bertz CT molecular complexity index is 1560. The third-order valence-electron chi connectivity index (χ3n) is 5.91. The molecule has 0 spiro atoms. The number of benzene rings is 3.